The van der Waals surface area contributed by atoms with Crippen LogP contribution in [0.25, 0.3) is 20.8 Å². The molecule has 2 aromatic heterocycles. The van der Waals surface area contributed by atoms with Crippen molar-refractivity contribution in [2.75, 3.05) is 5.32 Å². The maximum atomic E-state index is 12.4. The summed E-state index contributed by atoms with van der Waals surface area (Å²) >= 11 is 1.49. The normalized spacial score (nSPS) is 11.0. The van der Waals surface area contributed by atoms with Crippen LogP contribution in [0.5, 0.6) is 5.75 Å². The van der Waals surface area contributed by atoms with Crippen LogP contribution in [0.15, 0.2) is 48.5 Å². The highest BCUT2D eigenvalue weighted by Crippen LogP contribution is 2.36. The summed E-state index contributed by atoms with van der Waals surface area (Å²) in [4.78, 5) is 17.0. The number of aromatic nitrogens is 3. The molecule has 0 radical (unpaired) electrons. The van der Waals surface area contributed by atoms with Gasteiger partial charge in [0, 0.05) is 18.4 Å². The van der Waals surface area contributed by atoms with Gasteiger partial charge in [-0.15, -0.1) is 11.3 Å². The fourth-order valence-electron chi connectivity index (χ4n) is 2.64. The molecule has 2 N–H and O–H groups in total. The Hall–Kier alpha value is -3.19. The maximum absolute atomic E-state index is 12.4. The first-order valence-electron chi connectivity index (χ1n) is 8.02. The van der Waals surface area contributed by atoms with Crippen LogP contribution >= 0.6 is 11.3 Å². The summed E-state index contributed by atoms with van der Waals surface area (Å²) < 4.78 is 2.69. The molecule has 26 heavy (non-hydrogen) atoms. The van der Waals surface area contributed by atoms with E-state index in [-0.39, 0.29) is 11.7 Å². The van der Waals surface area contributed by atoms with E-state index >= 15 is 0 Å². The van der Waals surface area contributed by atoms with Gasteiger partial charge in [-0.25, -0.2) is 4.98 Å². The first-order chi connectivity index (χ1) is 12.5. The van der Waals surface area contributed by atoms with Gasteiger partial charge in [-0.1, -0.05) is 12.1 Å². The Bertz CT molecular complexity index is 1080. The summed E-state index contributed by atoms with van der Waals surface area (Å²) in [5.41, 5.74) is 3.28. The first-order valence-corrected chi connectivity index (χ1v) is 8.84. The highest BCUT2D eigenvalue weighted by molar-refractivity contribution is 7.21. The van der Waals surface area contributed by atoms with E-state index in [9.17, 15) is 9.90 Å². The zero-order valence-electron chi connectivity index (χ0n) is 14.2. The van der Waals surface area contributed by atoms with E-state index in [1.165, 1.54) is 11.3 Å². The standard InChI is InChI=1S/C19H16N4O2S/c1-11-9-15(22-23(11)2)18(25)20-12-7-8-16(24)13(10-12)19-21-14-5-3-4-6-17(14)26-19/h3-10,24H,1-2H3,(H,20,25). The lowest BCUT2D eigenvalue weighted by Crippen LogP contribution is -2.13. The van der Waals surface area contributed by atoms with Crippen LogP contribution in [0, 0.1) is 6.92 Å². The number of rotatable bonds is 3. The van der Waals surface area contributed by atoms with Crippen molar-refractivity contribution in [3.8, 4) is 16.3 Å². The molecule has 2 aromatic carbocycles. The predicted molar refractivity (Wildman–Crippen MR) is 103 cm³/mol. The molecule has 0 bridgehead atoms. The predicted octanol–water partition coefficient (Wildman–Crippen LogP) is 3.96. The number of aryl methyl sites for hydroxylation is 2. The van der Waals surface area contributed by atoms with Crippen LogP contribution in [-0.2, 0) is 7.05 Å². The van der Waals surface area contributed by atoms with E-state index in [0.717, 1.165) is 15.9 Å². The van der Waals surface area contributed by atoms with Crippen LogP contribution in [0.3, 0.4) is 0 Å². The van der Waals surface area contributed by atoms with Crippen molar-refractivity contribution in [1.82, 2.24) is 14.8 Å². The number of phenols is 1. The fraction of sp³-hybridized carbons (Fsp3) is 0.105. The molecule has 1 amide bonds. The van der Waals surface area contributed by atoms with Gasteiger partial charge in [0.15, 0.2) is 5.69 Å². The number of hydrogen-bond acceptors (Lipinski definition) is 5. The lowest BCUT2D eigenvalue weighted by molar-refractivity contribution is 0.102. The van der Waals surface area contributed by atoms with Crippen molar-refractivity contribution in [3.05, 3.63) is 59.9 Å². The molecule has 0 saturated carbocycles. The number of nitrogens with one attached hydrogen (secondary N) is 1. The first kappa shape index (κ1) is 16.3. The van der Waals surface area contributed by atoms with Crippen LogP contribution < -0.4 is 5.32 Å². The Morgan fingerprint density at radius 3 is 2.73 bits per heavy atom. The van der Waals surface area contributed by atoms with Crippen molar-refractivity contribution in [2.45, 2.75) is 6.92 Å². The third kappa shape index (κ3) is 2.93. The molecule has 0 aliphatic rings. The van der Waals surface area contributed by atoms with Gasteiger partial charge in [0.25, 0.3) is 5.91 Å². The number of anilines is 1. The molecule has 4 rings (SSSR count). The minimum Gasteiger partial charge on any atom is -0.507 e. The van der Waals surface area contributed by atoms with Gasteiger partial charge < -0.3 is 10.4 Å². The van der Waals surface area contributed by atoms with E-state index in [2.05, 4.69) is 15.4 Å². The van der Waals surface area contributed by atoms with Gasteiger partial charge in [0.2, 0.25) is 0 Å². The quantitative estimate of drug-likeness (QED) is 0.539. The number of para-hydroxylation sites is 1. The lowest BCUT2D eigenvalue weighted by atomic mass is 10.2. The largest absolute Gasteiger partial charge is 0.507 e. The molecule has 0 unspecified atom stereocenters. The second kappa shape index (κ2) is 6.27. The second-order valence-corrected chi connectivity index (χ2v) is 7.00. The molecular weight excluding hydrogens is 348 g/mol. The van der Waals surface area contributed by atoms with Gasteiger partial charge >= 0.3 is 0 Å². The zero-order valence-corrected chi connectivity index (χ0v) is 15.0. The highest BCUT2D eigenvalue weighted by atomic mass is 32.1. The topological polar surface area (TPSA) is 80.0 Å². The number of aromatic hydroxyl groups is 1. The van der Waals surface area contributed by atoms with Crippen LogP contribution in [0.2, 0.25) is 0 Å². The molecule has 130 valence electrons. The number of nitrogens with zero attached hydrogens (tertiary/aromatic N) is 3. The zero-order chi connectivity index (χ0) is 18.3. The third-order valence-electron chi connectivity index (χ3n) is 4.13. The van der Waals surface area contributed by atoms with Gasteiger partial charge in [-0.3, -0.25) is 9.48 Å². The fourth-order valence-corrected chi connectivity index (χ4v) is 3.63. The van der Waals surface area contributed by atoms with E-state index in [0.29, 0.717) is 22.0 Å². The maximum Gasteiger partial charge on any atom is 0.276 e. The summed E-state index contributed by atoms with van der Waals surface area (Å²) in [6, 6.07) is 14.5. The number of amides is 1. The van der Waals surface area contributed by atoms with Crippen molar-refractivity contribution in [1.29, 1.82) is 0 Å². The SMILES string of the molecule is Cc1cc(C(=O)Nc2ccc(O)c(-c3nc4ccccc4s3)c2)nn1C. The van der Waals surface area contributed by atoms with E-state index in [4.69, 9.17) is 0 Å². The molecule has 0 atom stereocenters. The molecule has 7 heteroatoms. The Kier molecular flexibility index (Phi) is 3.93. The Morgan fingerprint density at radius 2 is 2.00 bits per heavy atom. The number of carbonyl (C=O) groups excluding carboxylic acids is 1. The Balaban J connectivity index is 1.66. The molecule has 0 fully saturated rings. The summed E-state index contributed by atoms with van der Waals surface area (Å²) in [6.45, 7) is 1.88. The summed E-state index contributed by atoms with van der Waals surface area (Å²) in [6.07, 6.45) is 0. The van der Waals surface area contributed by atoms with E-state index < -0.39 is 0 Å². The van der Waals surface area contributed by atoms with Crippen molar-refractivity contribution < 1.29 is 9.90 Å². The van der Waals surface area contributed by atoms with Gasteiger partial charge in [0.05, 0.1) is 15.8 Å². The molecule has 6 nitrogen and oxygen atoms in total. The molecule has 4 aromatic rings. The molecule has 2 heterocycles. The molecular formula is C19H16N4O2S. The number of benzene rings is 2. The average molecular weight is 364 g/mol. The lowest BCUT2D eigenvalue weighted by Gasteiger charge is -2.07. The van der Waals surface area contributed by atoms with Gasteiger partial charge in [0.1, 0.15) is 10.8 Å². The summed E-state index contributed by atoms with van der Waals surface area (Å²) in [5, 5.41) is 17.9. The summed E-state index contributed by atoms with van der Waals surface area (Å²) in [5.74, 6) is -0.176. The number of fused-ring (bicyclic) bond motifs is 1. The second-order valence-electron chi connectivity index (χ2n) is 5.97. The third-order valence-corrected chi connectivity index (χ3v) is 5.19. The number of hydrogen-bond donors (Lipinski definition) is 2. The minimum atomic E-state index is -0.297. The molecule has 0 spiro atoms. The minimum absolute atomic E-state index is 0.121. The monoisotopic (exact) mass is 364 g/mol. The smallest absolute Gasteiger partial charge is 0.276 e. The van der Waals surface area contributed by atoms with Crippen LogP contribution in [0.1, 0.15) is 16.2 Å². The average Bonchev–Trinajstić information content (AvgIpc) is 3.20. The van der Waals surface area contributed by atoms with Crippen LogP contribution in [0.4, 0.5) is 5.69 Å². The van der Waals surface area contributed by atoms with E-state index in [1.54, 1.807) is 36.0 Å². The van der Waals surface area contributed by atoms with Crippen LogP contribution in [-0.4, -0.2) is 25.8 Å². The summed E-state index contributed by atoms with van der Waals surface area (Å²) in [7, 11) is 1.79. The molecule has 0 saturated heterocycles. The van der Waals surface area contributed by atoms with Crippen molar-refractivity contribution in [2.24, 2.45) is 7.05 Å². The van der Waals surface area contributed by atoms with Crippen molar-refractivity contribution in [3.63, 3.8) is 0 Å². The Labute approximate surface area is 153 Å². The Morgan fingerprint density at radius 1 is 1.19 bits per heavy atom. The van der Waals surface area contributed by atoms with E-state index in [1.807, 2.05) is 31.2 Å². The number of thiazole rings is 1. The number of phenolic OH excluding ortho intramolecular Hbond substituents is 1. The molecule has 0 aliphatic heterocycles. The molecule has 0 aliphatic carbocycles. The van der Waals surface area contributed by atoms with Gasteiger partial charge in [-0.05, 0) is 43.3 Å². The number of carbonyl (C=O) groups is 1. The van der Waals surface area contributed by atoms with Gasteiger partial charge in [-0.2, -0.15) is 5.10 Å². The highest BCUT2D eigenvalue weighted by Gasteiger charge is 2.14. The van der Waals surface area contributed by atoms with Crippen molar-refractivity contribution >= 4 is 33.1 Å².